The number of anilines is 1. The Bertz CT molecular complexity index is 993. The number of nitrogens with one attached hydrogen (secondary N) is 2. The highest BCUT2D eigenvalue weighted by atomic mass is 35.5. The molecule has 1 saturated heterocycles. The van der Waals surface area contributed by atoms with Gasteiger partial charge in [0.05, 0.1) is 26.8 Å². The van der Waals surface area contributed by atoms with Gasteiger partial charge in [0.1, 0.15) is 11.5 Å². The van der Waals surface area contributed by atoms with E-state index in [-0.39, 0.29) is 30.4 Å². The van der Waals surface area contributed by atoms with Crippen molar-refractivity contribution in [3.05, 3.63) is 53.1 Å². The molecule has 3 rings (SSSR count). The number of urea groups is 1. The number of carbonyl (C=O) groups is 2. The van der Waals surface area contributed by atoms with Crippen molar-refractivity contribution >= 4 is 30.0 Å². The Morgan fingerprint density at radius 2 is 1.74 bits per heavy atom. The van der Waals surface area contributed by atoms with Gasteiger partial charge in [0, 0.05) is 37.4 Å². The molecule has 0 radical (unpaired) electrons. The Morgan fingerprint density at radius 3 is 2.38 bits per heavy atom. The Balaban J connectivity index is 0.00000408. The van der Waals surface area contributed by atoms with Gasteiger partial charge in [-0.05, 0) is 56.2 Å². The number of piperazine rings is 1. The van der Waals surface area contributed by atoms with Crippen LogP contribution in [0.5, 0.6) is 11.5 Å². The van der Waals surface area contributed by atoms with Crippen LogP contribution in [0.2, 0.25) is 0 Å². The number of amides is 3. The van der Waals surface area contributed by atoms with E-state index < -0.39 is 0 Å². The number of hydrogen-bond acceptors (Lipinski definition) is 5. The smallest absolute Gasteiger partial charge is 0.317 e. The van der Waals surface area contributed by atoms with Crippen LogP contribution in [0.4, 0.5) is 10.5 Å². The summed E-state index contributed by atoms with van der Waals surface area (Å²) in [4.78, 5) is 29.2. The minimum Gasteiger partial charge on any atom is -0.497 e. The quantitative estimate of drug-likeness (QED) is 0.617. The third-order valence-electron chi connectivity index (χ3n) is 6.15. The normalized spacial score (nSPS) is 14.6. The van der Waals surface area contributed by atoms with E-state index in [1.54, 1.807) is 19.1 Å². The molecule has 0 aromatic heterocycles. The molecule has 0 aliphatic carbocycles. The topological polar surface area (TPSA) is 83.1 Å². The van der Waals surface area contributed by atoms with E-state index in [1.807, 2.05) is 57.2 Å². The van der Waals surface area contributed by atoms with E-state index in [1.165, 1.54) is 0 Å². The molecule has 1 atom stereocenters. The molecule has 2 aromatic rings. The molecule has 0 spiro atoms. The van der Waals surface area contributed by atoms with Crippen LogP contribution in [-0.2, 0) is 4.79 Å². The highest BCUT2D eigenvalue weighted by Gasteiger charge is 2.24. The first-order valence-corrected chi connectivity index (χ1v) is 11.2. The summed E-state index contributed by atoms with van der Waals surface area (Å²) in [6.45, 7) is 8.67. The van der Waals surface area contributed by atoms with E-state index in [0.717, 1.165) is 22.4 Å². The van der Waals surface area contributed by atoms with Crippen LogP contribution in [0.3, 0.4) is 0 Å². The van der Waals surface area contributed by atoms with Crippen LogP contribution in [0, 0.1) is 13.8 Å². The largest absolute Gasteiger partial charge is 0.497 e. The highest BCUT2D eigenvalue weighted by molar-refractivity contribution is 5.93. The summed E-state index contributed by atoms with van der Waals surface area (Å²) in [7, 11) is 3.21. The van der Waals surface area contributed by atoms with Crippen molar-refractivity contribution < 1.29 is 19.1 Å². The molecule has 1 aliphatic heterocycles. The number of benzene rings is 2. The van der Waals surface area contributed by atoms with Gasteiger partial charge in [0.25, 0.3) is 0 Å². The van der Waals surface area contributed by atoms with E-state index in [2.05, 4.69) is 15.5 Å². The summed E-state index contributed by atoms with van der Waals surface area (Å²) < 4.78 is 10.7. The van der Waals surface area contributed by atoms with Crippen LogP contribution in [0.25, 0.3) is 0 Å². The Kier molecular flexibility index (Phi) is 10.0. The minimum atomic E-state index is -0.246. The second-order valence-electron chi connectivity index (χ2n) is 8.34. The van der Waals surface area contributed by atoms with Crippen molar-refractivity contribution in [2.45, 2.75) is 26.8 Å². The molecule has 3 amide bonds. The summed E-state index contributed by atoms with van der Waals surface area (Å²) in [6, 6.07) is 11.0. The van der Waals surface area contributed by atoms with Crippen LogP contribution in [0.15, 0.2) is 36.4 Å². The summed E-state index contributed by atoms with van der Waals surface area (Å²) in [6.07, 6.45) is 0. The maximum Gasteiger partial charge on any atom is 0.317 e. The predicted octanol–water partition coefficient (Wildman–Crippen LogP) is 3.77. The van der Waals surface area contributed by atoms with Gasteiger partial charge in [-0.3, -0.25) is 9.69 Å². The van der Waals surface area contributed by atoms with Gasteiger partial charge in [-0.2, -0.15) is 0 Å². The predicted molar refractivity (Wildman–Crippen MR) is 136 cm³/mol. The van der Waals surface area contributed by atoms with Gasteiger partial charge >= 0.3 is 6.03 Å². The first-order valence-electron chi connectivity index (χ1n) is 11.2. The zero-order chi connectivity index (χ0) is 24.0. The molecule has 1 fully saturated rings. The van der Waals surface area contributed by atoms with E-state index >= 15 is 0 Å². The molecule has 2 N–H and O–H groups in total. The maximum atomic E-state index is 12.8. The second-order valence-corrected chi connectivity index (χ2v) is 8.34. The molecule has 0 saturated carbocycles. The summed E-state index contributed by atoms with van der Waals surface area (Å²) in [5.41, 5.74) is 3.93. The van der Waals surface area contributed by atoms with Crippen molar-refractivity contribution in [1.82, 2.24) is 15.1 Å². The summed E-state index contributed by atoms with van der Waals surface area (Å²) >= 11 is 0. The lowest BCUT2D eigenvalue weighted by atomic mass is 10.1. The van der Waals surface area contributed by atoms with Gasteiger partial charge in [0.15, 0.2) is 0 Å². The highest BCUT2D eigenvalue weighted by Crippen LogP contribution is 2.29. The molecular formula is C25H35ClN4O4. The standard InChI is InChI=1S/C25H34N4O4.ClH/c1-17-7-6-8-22(18(17)2)27-24(30)16-28-11-13-29(14-12-28)25(31)26-19(3)21-15-20(32-4)9-10-23(21)33-5;/h6-10,15,19H,11-14,16H2,1-5H3,(H,26,31)(H,27,30);1H. The van der Waals surface area contributed by atoms with Gasteiger partial charge in [-0.1, -0.05) is 12.1 Å². The van der Waals surface area contributed by atoms with E-state index in [4.69, 9.17) is 9.47 Å². The average molecular weight is 491 g/mol. The fourth-order valence-corrected chi connectivity index (χ4v) is 3.92. The van der Waals surface area contributed by atoms with Gasteiger partial charge < -0.3 is 25.0 Å². The van der Waals surface area contributed by atoms with E-state index in [0.29, 0.717) is 44.2 Å². The zero-order valence-electron chi connectivity index (χ0n) is 20.5. The van der Waals surface area contributed by atoms with E-state index in [9.17, 15) is 9.59 Å². The first-order chi connectivity index (χ1) is 15.8. The number of ether oxygens (including phenoxy) is 2. The maximum absolute atomic E-state index is 12.8. The number of halogens is 1. The number of rotatable bonds is 7. The number of aryl methyl sites for hydroxylation is 1. The number of carbonyl (C=O) groups excluding carboxylic acids is 2. The van der Waals surface area contributed by atoms with Crippen molar-refractivity contribution in [3.63, 3.8) is 0 Å². The van der Waals surface area contributed by atoms with Gasteiger partial charge in [0.2, 0.25) is 5.91 Å². The lowest BCUT2D eigenvalue weighted by molar-refractivity contribution is -0.117. The molecule has 0 bridgehead atoms. The number of nitrogens with zero attached hydrogens (tertiary/aromatic N) is 2. The van der Waals surface area contributed by atoms with Crippen molar-refractivity contribution in [1.29, 1.82) is 0 Å². The third-order valence-corrected chi connectivity index (χ3v) is 6.15. The average Bonchev–Trinajstić information content (AvgIpc) is 2.81. The van der Waals surface area contributed by atoms with Gasteiger partial charge in [-0.15, -0.1) is 12.4 Å². The Hall–Kier alpha value is -2.97. The molecule has 186 valence electrons. The van der Waals surface area contributed by atoms with Crippen LogP contribution >= 0.6 is 12.4 Å². The molecule has 1 aliphatic rings. The summed E-state index contributed by atoms with van der Waals surface area (Å²) in [5.74, 6) is 1.36. The second kappa shape index (κ2) is 12.5. The van der Waals surface area contributed by atoms with Crippen LogP contribution in [-0.4, -0.2) is 68.7 Å². The fraction of sp³-hybridized carbons (Fsp3) is 0.440. The molecule has 9 heteroatoms. The molecule has 8 nitrogen and oxygen atoms in total. The fourth-order valence-electron chi connectivity index (χ4n) is 3.92. The first kappa shape index (κ1) is 27.3. The SMILES string of the molecule is COc1ccc(OC)c(C(C)NC(=O)N2CCN(CC(=O)Nc3cccc(C)c3C)CC2)c1.Cl. The third kappa shape index (κ3) is 6.77. The van der Waals surface area contributed by atoms with Crippen molar-refractivity contribution in [3.8, 4) is 11.5 Å². The number of hydrogen-bond donors (Lipinski definition) is 2. The monoisotopic (exact) mass is 490 g/mol. The minimum absolute atomic E-state index is 0. The molecule has 1 heterocycles. The van der Waals surface area contributed by atoms with Crippen LogP contribution in [0.1, 0.15) is 29.7 Å². The lowest BCUT2D eigenvalue weighted by Crippen LogP contribution is -2.53. The Morgan fingerprint density at radius 1 is 1.03 bits per heavy atom. The Labute approximate surface area is 208 Å². The molecule has 34 heavy (non-hydrogen) atoms. The van der Waals surface area contributed by atoms with Crippen LogP contribution < -0.4 is 20.1 Å². The lowest BCUT2D eigenvalue weighted by Gasteiger charge is -2.35. The molecule has 1 unspecified atom stereocenters. The van der Waals surface area contributed by atoms with Gasteiger partial charge in [-0.25, -0.2) is 4.79 Å². The molecular weight excluding hydrogens is 456 g/mol. The zero-order valence-corrected chi connectivity index (χ0v) is 21.3. The number of methoxy groups -OCH3 is 2. The molecule has 2 aromatic carbocycles. The van der Waals surface area contributed by atoms with Crippen molar-refractivity contribution in [2.75, 3.05) is 52.3 Å². The summed E-state index contributed by atoms with van der Waals surface area (Å²) in [5, 5.41) is 6.05. The van der Waals surface area contributed by atoms with Crippen molar-refractivity contribution in [2.24, 2.45) is 0 Å².